The molecule has 0 atom stereocenters. The van der Waals surface area contributed by atoms with E-state index in [4.69, 9.17) is 18.9 Å². The van der Waals surface area contributed by atoms with Gasteiger partial charge < -0.3 is 34.1 Å². The molecule has 0 aromatic rings. The van der Waals surface area contributed by atoms with E-state index in [0.717, 1.165) is 65.4 Å². The smallest absolute Gasteiger partial charge is 0.306 e. The van der Waals surface area contributed by atoms with Crippen molar-refractivity contribution in [3.63, 3.8) is 0 Å². The highest BCUT2D eigenvalue weighted by Crippen LogP contribution is 2.04. The molecule has 0 saturated carbocycles. The second kappa shape index (κ2) is 21.5. The largest absolute Gasteiger partial charge is 0.469 e. The predicted octanol–water partition coefficient (Wildman–Crippen LogP) is -0.950. The Bertz CT molecular complexity index is 676. The lowest BCUT2D eigenvalue weighted by Gasteiger charge is -2.36. The first-order chi connectivity index (χ1) is 18.8. The molecule has 1 fully saturated rings. The van der Waals surface area contributed by atoms with Crippen molar-refractivity contribution in [3.05, 3.63) is 0 Å². The van der Waals surface area contributed by atoms with Crippen LogP contribution in [0.4, 0.5) is 0 Å². The first kappa shape index (κ1) is 34.7. The SMILES string of the molecule is COC(=O)CCN(CCNCCN1CCN(CCN(CCC(=O)OC)CCC(=O)OC)CC1)CCC(=O)OC. The lowest BCUT2D eigenvalue weighted by molar-refractivity contribution is -0.142. The predicted molar refractivity (Wildman–Crippen MR) is 145 cm³/mol. The van der Waals surface area contributed by atoms with Crippen molar-refractivity contribution < 1.29 is 38.1 Å². The molecule has 13 heteroatoms. The summed E-state index contributed by atoms with van der Waals surface area (Å²) < 4.78 is 18.9. The summed E-state index contributed by atoms with van der Waals surface area (Å²) in [5, 5.41) is 3.46. The minimum Gasteiger partial charge on any atom is -0.469 e. The van der Waals surface area contributed by atoms with Crippen LogP contribution in [0.25, 0.3) is 0 Å². The number of ether oxygens (including phenoxy) is 4. The first-order valence-corrected chi connectivity index (χ1v) is 13.7. The Kier molecular flexibility index (Phi) is 19.1. The molecule has 13 nitrogen and oxygen atoms in total. The lowest BCUT2D eigenvalue weighted by Crippen LogP contribution is -2.50. The molecule has 226 valence electrons. The zero-order valence-corrected chi connectivity index (χ0v) is 24.3. The summed E-state index contributed by atoms with van der Waals surface area (Å²) in [7, 11) is 5.51. The molecule has 0 spiro atoms. The van der Waals surface area contributed by atoms with Crippen molar-refractivity contribution in [3.8, 4) is 0 Å². The van der Waals surface area contributed by atoms with E-state index in [-0.39, 0.29) is 36.7 Å². The molecule has 0 radical (unpaired) electrons. The van der Waals surface area contributed by atoms with Gasteiger partial charge in [-0.25, -0.2) is 0 Å². The molecular formula is C26H49N5O8. The summed E-state index contributed by atoms with van der Waals surface area (Å²) in [6, 6.07) is 0. The number of methoxy groups -OCH3 is 4. The fourth-order valence-electron chi connectivity index (χ4n) is 4.20. The van der Waals surface area contributed by atoms with Gasteiger partial charge in [0.1, 0.15) is 0 Å². The van der Waals surface area contributed by atoms with Gasteiger partial charge in [-0.2, -0.15) is 0 Å². The molecule has 1 aliphatic rings. The molecular weight excluding hydrogens is 510 g/mol. The summed E-state index contributed by atoms with van der Waals surface area (Å²) >= 11 is 0. The van der Waals surface area contributed by atoms with Crippen LogP contribution < -0.4 is 5.32 Å². The Labute approximate surface area is 233 Å². The Morgan fingerprint density at radius 3 is 1.28 bits per heavy atom. The third-order valence-electron chi connectivity index (χ3n) is 6.85. The van der Waals surface area contributed by atoms with E-state index in [1.54, 1.807) is 0 Å². The van der Waals surface area contributed by atoms with Gasteiger partial charge in [0.05, 0.1) is 54.1 Å². The molecule has 1 saturated heterocycles. The second-order valence-electron chi connectivity index (χ2n) is 9.42. The van der Waals surface area contributed by atoms with Crippen LogP contribution in [0.2, 0.25) is 0 Å². The molecule has 0 aromatic heterocycles. The van der Waals surface area contributed by atoms with Crippen LogP contribution in [0, 0.1) is 0 Å². The summed E-state index contributed by atoms with van der Waals surface area (Å²) in [6.45, 7) is 11.0. The molecule has 0 aromatic carbocycles. The van der Waals surface area contributed by atoms with Gasteiger partial charge in [-0.1, -0.05) is 0 Å². The van der Waals surface area contributed by atoms with Gasteiger partial charge in [0.2, 0.25) is 0 Å². The number of nitrogens with zero attached hydrogens (tertiary/aromatic N) is 4. The van der Waals surface area contributed by atoms with Crippen molar-refractivity contribution in [1.29, 1.82) is 0 Å². The fourth-order valence-corrected chi connectivity index (χ4v) is 4.20. The average molecular weight is 560 g/mol. The number of carbonyl (C=O) groups excluding carboxylic acids is 4. The number of rotatable bonds is 21. The maximum absolute atomic E-state index is 11.5. The number of carbonyl (C=O) groups is 4. The maximum atomic E-state index is 11.5. The molecule has 0 amide bonds. The van der Waals surface area contributed by atoms with E-state index in [1.165, 1.54) is 28.4 Å². The van der Waals surface area contributed by atoms with E-state index in [1.807, 2.05) is 0 Å². The number of esters is 4. The minimum atomic E-state index is -0.264. The number of nitrogens with one attached hydrogen (secondary N) is 1. The van der Waals surface area contributed by atoms with E-state index in [9.17, 15) is 19.2 Å². The fraction of sp³-hybridized carbons (Fsp3) is 0.846. The van der Waals surface area contributed by atoms with Crippen molar-refractivity contribution in [2.75, 3.05) is 120 Å². The second-order valence-corrected chi connectivity index (χ2v) is 9.42. The molecule has 0 bridgehead atoms. The summed E-state index contributed by atoms with van der Waals surface area (Å²) in [6.07, 6.45) is 1.17. The van der Waals surface area contributed by atoms with Crippen LogP contribution in [-0.4, -0.2) is 164 Å². The van der Waals surface area contributed by atoms with Crippen molar-refractivity contribution >= 4 is 23.9 Å². The normalized spacial score (nSPS) is 14.4. The zero-order valence-electron chi connectivity index (χ0n) is 24.3. The van der Waals surface area contributed by atoms with Crippen LogP contribution in [0.3, 0.4) is 0 Å². The Morgan fingerprint density at radius 2 is 0.897 bits per heavy atom. The molecule has 1 aliphatic heterocycles. The maximum Gasteiger partial charge on any atom is 0.306 e. The Hall–Kier alpha value is -2.32. The highest BCUT2D eigenvalue weighted by atomic mass is 16.5. The highest BCUT2D eigenvalue weighted by molar-refractivity contribution is 5.70. The molecule has 1 heterocycles. The molecule has 0 aliphatic carbocycles. The van der Waals surface area contributed by atoms with Gasteiger partial charge in [0.15, 0.2) is 0 Å². The van der Waals surface area contributed by atoms with Gasteiger partial charge in [0, 0.05) is 91.6 Å². The first-order valence-electron chi connectivity index (χ1n) is 13.7. The standard InChI is InChI=1S/C26H49N5O8/c1-36-23(32)5-11-28(12-6-24(33)37-2)15-9-27-10-16-30-18-21-31(22-19-30)20-17-29(13-7-25(34)38-3)14-8-26(35)39-4/h27H,5-22H2,1-4H3. The van der Waals surface area contributed by atoms with Gasteiger partial charge in [-0.05, 0) is 0 Å². The number of hydrogen-bond acceptors (Lipinski definition) is 13. The number of hydrogen-bond donors (Lipinski definition) is 1. The Morgan fingerprint density at radius 1 is 0.538 bits per heavy atom. The molecule has 39 heavy (non-hydrogen) atoms. The van der Waals surface area contributed by atoms with E-state index in [2.05, 4.69) is 24.9 Å². The third kappa shape index (κ3) is 17.1. The van der Waals surface area contributed by atoms with Crippen molar-refractivity contribution in [1.82, 2.24) is 24.9 Å². The number of piperazine rings is 1. The van der Waals surface area contributed by atoms with Crippen LogP contribution >= 0.6 is 0 Å². The van der Waals surface area contributed by atoms with Crippen LogP contribution in [0.5, 0.6) is 0 Å². The van der Waals surface area contributed by atoms with Gasteiger partial charge in [-0.3, -0.25) is 29.0 Å². The monoisotopic (exact) mass is 559 g/mol. The third-order valence-corrected chi connectivity index (χ3v) is 6.85. The van der Waals surface area contributed by atoms with Crippen LogP contribution in [0.15, 0.2) is 0 Å². The van der Waals surface area contributed by atoms with Gasteiger partial charge >= 0.3 is 23.9 Å². The van der Waals surface area contributed by atoms with E-state index >= 15 is 0 Å². The molecule has 1 rings (SSSR count). The Balaban J connectivity index is 2.29. The summed E-state index contributed by atoms with van der Waals surface area (Å²) in [5.41, 5.74) is 0. The van der Waals surface area contributed by atoms with Crippen LogP contribution in [-0.2, 0) is 38.1 Å². The topological polar surface area (TPSA) is 130 Å². The van der Waals surface area contributed by atoms with E-state index < -0.39 is 0 Å². The van der Waals surface area contributed by atoms with Crippen molar-refractivity contribution in [2.45, 2.75) is 25.7 Å². The zero-order chi connectivity index (χ0) is 28.9. The van der Waals surface area contributed by atoms with Gasteiger partial charge in [-0.15, -0.1) is 0 Å². The average Bonchev–Trinajstić information content (AvgIpc) is 2.97. The van der Waals surface area contributed by atoms with Crippen molar-refractivity contribution in [2.24, 2.45) is 0 Å². The van der Waals surface area contributed by atoms with Gasteiger partial charge in [0.25, 0.3) is 0 Å². The van der Waals surface area contributed by atoms with Crippen LogP contribution in [0.1, 0.15) is 25.7 Å². The minimum absolute atomic E-state index is 0.254. The summed E-state index contributed by atoms with van der Waals surface area (Å²) in [4.78, 5) is 55.1. The molecule has 0 unspecified atom stereocenters. The highest BCUT2D eigenvalue weighted by Gasteiger charge is 2.18. The van der Waals surface area contributed by atoms with E-state index in [0.29, 0.717) is 39.0 Å². The lowest BCUT2D eigenvalue weighted by atomic mass is 10.3. The summed E-state index contributed by atoms with van der Waals surface area (Å²) in [5.74, 6) is -1.04. The quantitative estimate of drug-likeness (QED) is 0.105. The molecule has 1 N–H and O–H groups in total.